The number of pyridine rings is 2. The minimum absolute atomic E-state index is 0.0925. The lowest BCUT2D eigenvalue weighted by Crippen LogP contribution is -2.24. The van der Waals surface area contributed by atoms with Gasteiger partial charge in [0.25, 0.3) is 0 Å². The number of nitrogens with zero attached hydrogens (tertiary/aromatic N) is 6. The Morgan fingerprint density at radius 2 is 1.13 bits per heavy atom. The predicted octanol–water partition coefficient (Wildman–Crippen LogP) is 7.90. The van der Waals surface area contributed by atoms with Gasteiger partial charge in [-0.2, -0.15) is 15.5 Å². The Bertz CT molecular complexity index is 1990. The number of nitrogens with one attached hydrogen (secondary N) is 1. The number of aromatic nitrogens is 2. The fourth-order valence-corrected chi connectivity index (χ4v) is 4.22. The number of anilines is 1. The molecule has 0 fully saturated rings. The van der Waals surface area contributed by atoms with Crippen LogP contribution in [0.3, 0.4) is 0 Å². The van der Waals surface area contributed by atoms with Gasteiger partial charge in [0, 0.05) is 28.2 Å². The van der Waals surface area contributed by atoms with Gasteiger partial charge in [-0.15, -0.1) is 0 Å². The summed E-state index contributed by atoms with van der Waals surface area (Å²) in [5.74, 6) is 2.88. The van der Waals surface area contributed by atoms with Gasteiger partial charge in [0.05, 0.1) is 18.9 Å². The summed E-state index contributed by atoms with van der Waals surface area (Å²) in [4.78, 5) is 16.4. The number of amidine groups is 1. The molecule has 0 atom stereocenters. The largest absolute Gasteiger partial charge is 0.478 e. The van der Waals surface area contributed by atoms with Crippen LogP contribution in [0.4, 0.5) is 11.4 Å². The lowest BCUT2D eigenvalue weighted by molar-refractivity contribution is 0.323. The molecular weight excluding hydrogens is 672 g/mol. The van der Waals surface area contributed by atoms with Crippen LogP contribution in [-0.2, 0) is 0 Å². The zero-order chi connectivity index (χ0) is 38.4. The average molecular weight is 715 g/mol. The molecule has 0 radical (unpaired) electrons. The van der Waals surface area contributed by atoms with E-state index in [0.717, 1.165) is 28.2 Å². The average Bonchev–Trinajstić information content (AvgIpc) is 3.14. The molecule has 2 aromatic heterocycles. The number of rotatable bonds is 8. The predicted molar refractivity (Wildman–Crippen MR) is 204 cm³/mol. The third kappa shape index (κ3) is 14.0. The maximum absolute atomic E-state index is 8.90. The number of nitrogen functional groups attached to an aromatic ring is 1. The third-order valence-corrected chi connectivity index (χ3v) is 6.67. The molecular formula is C40H42N8O5. The summed E-state index contributed by atoms with van der Waals surface area (Å²) in [6, 6.07) is 30.9. The highest BCUT2D eigenvalue weighted by Crippen LogP contribution is 2.27. The summed E-state index contributed by atoms with van der Waals surface area (Å²) < 4.78 is 27.2. The van der Waals surface area contributed by atoms with Crippen LogP contribution in [-0.4, -0.2) is 35.3 Å². The van der Waals surface area contributed by atoms with E-state index in [1.807, 2.05) is 114 Å². The second-order valence-electron chi connectivity index (χ2n) is 10.7. The van der Waals surface area contributed by atoms with Crippen molar-refractivity contribution in [1.82, 2.24) is 15.3 Å². The highest BCUT2D eigenvalue weighted by atomic mass is 16.7. The zero-order valence-electron chi connectivity index (χ0n) is 30.5. The Labute approximate surface area is 310 Å². The molecule has 0 aliphatic rings. The van der Waals surface area contributed by atoms with E-state index in [9.17, 15) is 0 Å². The Balaban J connectivity index is 0.000000225. The molecule has 0 aliphatic heterocycles. The van der Waals surface area contributed by atoms with E-state index < -0.39 is 0 Å². The molecule has 0 saturated carbocycles. The van der Waals surface area contributed by atoms with Gasteiger partial charge in [0.1, 0.15) is 17.2 Å². The van der Waals surface area contributed by atoms with Crippen molar-refractivity contribution in [2.24, 2.45) is 9.98 Å². The Morgan fingerprint density at radius 1 is 0.679 bits per heavy atom. The van der Waals surface area contributed by atoms with E-state index in [1.54, 1.807) is 42.6 Å². The second-order valence-corrected chi connectivity index (χ2v) is 10.7. The molecule has 5 rings (SSSR count). The second kappa shape index (κ2) is 21.9. The number of hydrogen-bond acceptors (Lipinski definition) is 12. The maximum Gasteiger partial charge on any atom is 0.410 e. The fourth-order valence-electron chi connectivity index (χ4n) is 4.22. The van der Waals surface area contributed by atoms with Crippen LogP contribution in [0.5, 0.6) is 29.0 Å². The summed E-state index contributed by atoms with van der Waals surface area (Å²) in [7, 11) is 0. The molecule has 0 amide bonds. The minimum Gasteiger partial charge on any atom is -0.478 e. The van der Waals surface area contributed by atoms with Gasteiger partial charge in [-0.05, 0) is 90.1 Å². The maximum atomic E-state index is 8.90. The van der Waals surface area contributed by atoms with Crippen molar-refractivity contribution in [2.75, 3.05) is 18.9 Å². The monoisotopic (exact) mass is 714 g/mol. The van der Waals surface area contributed by atoms with Crippen molar-refractivity contribution in [3.8, 4) is 41.4 Å². The molecule has 0 bridgehead atoms. The molecule has 13 heteroatoms. The first-order valence-electron chi connectivity index (χ1n) is 16.5. The van der Waals surface area contributed by atoms with Crippen molar-refractivity contribution in [3.05, 3.63) is 126 Å². The molecule has 0 unspecified atom stereocenters. The summed E-state index contributed by atoms with van der Waals surface area (Å²) in [6.45, 7) is 12.5. The quantitative estimate of drug-likeness (QED) is 0.0690. The summed E-state index contributed by atoms with van der Waals surface area (Å²) in [6.07, 6.45) is 3.37. The number of aliphatic imine (C=N–C) groups is 2. The first-order valence-corrected chi connectivity index (χ1v) is 16.5. The Kier molecular flexibility index (Phi) is 16.6. The first kappa shape index (κ1) is 40.3. The standard InChI is InChI=1S/C17H18N4O2.C14H10N2O2.C9H14N2O/c1-4-22-16-13(3)15(10-12(2)20-16)21-17(19-11-18)23-14-8-6-5-7-9-14;15-11-16-14(17-12-7-3-1-4-8-12)18-13-9-5-2-6-10-13;1-4-12-9-7(3)8(10)5-6(2)11-9/h5-10H,4H2,1-3H3,(H,19,20,21);1-10H;5H,4H2,1-3H3,(H2,10,11). The molecule has 0 saturated heterocycles. The number of para-hydroxylation sites is 3. The van der Waals surface area contributed by atoms with Crippen molar-refractivity contribution in [3.63, 3.8) is 0 Å². The zero-order valence-corrected chi connectivity index (χ0v) is 30.5. The van der Waals surface area contributed by atoms with Crippen LogP contribution >= 0.6 is 0 Å². The molecule has 3 aromatic carbocycles. The topological polar surface area (TPSA) is 182 Å². The molecule has 0 aliphatic carbocycles. The summed E-state index contributed by atoms with van der Waals surface area (Å²) in [5, 5.41) is 19.9. The lowest BCUT2D eigenvalue weighted by Gasteiger charge is -2.11. The number of benzene rings is 3. The number of nitriles is 2. The van der Waals surface area contributed by atoms with Crippen molar-refractivity contribution < 1.29 is 23.7 Å². The van der Waals surface area contributed by atoms with Gasteiger partial charge in [-0.3, -0.25) is 0 Å². The van der Waals surface area contributed by atoms with E-state index in [2.05, 4.69) is 25.3 Å². The molecule has 0 spiro atoms. The third-order valence-electron chi connectivity index (χ3n) is 6.67. The van der Waals surface area contributed by atoms with Crippen LogP contribution in [0.1, 0.15) is 36.4 Å². The Morgan fingerprint density at radius 3 is 1.58 bits per heavy atom. The molecule has 272 valence electrons. The summed E-state index contributed by atoms with van der Waals surface area (Å²) in [5.41, 5.74) is 10.5. The van der Waals surface area contributed by atoms with E-state index in [1.165, 1.54) is 0 Å². The highest BCUT2D eigenvalue weighted by molar-refractivity contribution is 5.81. The number of ether oxygens (including phenoxy) is 5. The van der Waals surface area contributed by atoms with Gasteiger partial charge < -0.3 is 29.4 Å². The van der Waals surface area contributed by atoms with Crippen LogP contribution < -0.4 is 34.7 Å². The van der Waals surface area contributed by atoms with Crippen molar-refractivity contribution in [1.29, 1.82) is 10.5 Å². The molecule has 13 nitrogen and oxygen atoms in total. The fraction of sp³-hybridized carbons (Fsp3) is 0.200. The number of nitrogens with two attached hydrogens (primary N) is 1. The SMILES string of the molecule is CCOc1nc(C)cc(N)c1C.CCOc1nc(C)cc(N=C(NC#N)Oc2ccccc2)c1C.N#CN=C(Oc1ccccc1)Oc1ccccc1. The van der Waals surface area contributed by atoms with Crippen molar-refractivity contribution >= 4 is 23.5 Å². The molecule has 3 N–H and O–H groups in total. The van der Waals surface area contributed by atoms with Gasteiger partial charge in [-0.1, -0.05) is 59.6 Å². The normalized spacial score (nSPS) is 10.0. The number of aryl methyl sites for hydroxylation is 2. The van der Waals surface area contributed by atoms with Gasteiger partial charge >= 0.3 is 12.1 Å². The number of hydrogen-bond donors (Lipinski definition) is 2. The minimum atomic E-state index is -0.102. The van der Waals surface area contributed by atoms with E-state index >= 15 is 0 Å². The van der Waals surface area contributed by atoms with E-state index in [4.69, 9.17) is 39.9 Å². The summed E-state index contributed by atoms with van der Waals surface area (Å²) >= 11 is 0. The van der Waals surface area contributed by atoms with Gasteiger partial charge in [0.15, 0.2) is 6.19 Å². The van der Waals surface area contributed by atoms with Crippen LogP contribution in [0.15, 0.2) is 113 Å². The Hall–Kier alpha value is -7.12. The van der Waals surface area contributed by atoms with Crippen LogP contribution in [0, 0.1) is 50.6 Å². The van der Waals surface area contributed by atoms with Gasteiger partial charge in [0.2, 0.25) is 18.0 Å². The van der Waals surface area contributed by atoms with Crippen LogP contribution in [0.25, 0.3) is 0 Å². The lowest BCUT2D eigenvalue weighted by atomic mass is 10.2. The van der Waals surface area contributed by atoms with Crippen molar-refractivity contribution in [2.45, 2.75) is 41.5 Å². The van der Waals surface area contributed by atoms with E-state index in [-0.39, 0.29) is 12.1 Å². The van der Waals surface area contributed by atoms with Crippen LogP contribution in [0.2, 0.25) is 0 Å². The smallest absolute Gasteiger partial charge is 0.410 e. The molecule has 5 aromatic rings. The van der Waals surface area contributed by atoms with Gasteiger partial charge in [-0.25, -0.2) is 15.3 Å². The van der Waals surface area contributed by atoms with E-state index in [0.29, 0.717) is 47.9 Å². The highest BCUT2D eigenvalue weighted by Gasteiger charge is 2.11. The molecule has 2 heterocycles. The molecule has 53 heavy (non-hydrogen) atoms. The first-order chi connectivity index (χ1) is 25.7.